The molecule has 1 amide bonds. The molecule has 2 aromatic heterocycles. The van der Waals surface area contributed by atoms with Crippen LogP contribution in [0.1, 0.15) is 50.1 Å². The number of hydrogen-bond acceptors (Lipinski definition) is 4. The minimum absolute atomic E-state index is 0.0393. The minimum Gasteiger partial charge on any atom is -0.477 e. The van der Waals surface area contributed by atoms with Crippen LogP contribution < -0.4 is 5.32 Å². The molecular formula is C14H15N3O3S. The lowest BCUT2D eigenvalue weighted by molar-refractivity contribution is 0.0690. The van der Waals surface area contributed by atoms with Gasteiger partial charge in [-0.2, -0.15) is 0 Å². The van der Waals surface area contributed by atoms with Crippen LogP contribution in [0.15, 0.2) is 18.3 Å². The lowest BCUT2D eigenvalue weighted by Crippen LogP contribution is -2.51. The van der Waals surface area contributed by atoms with Crippen molar-refractivity contribution in [3.63, 3.8) is 0 Å². The summed E-state index contributed by atoms with van der Waals surface area (Å²) in [5, 5.41) is 12.0. The Morgan fingerprint density at radius 1 is 1.43 bits per heavy atom. The molecule has 0 spiro atoms. The smallest absolute Gasteiger partial charge is 0.353 e. The fraction of sp³-hybridized carbons (Fsp3) is 0.357. The molecule has 21 heavy (non-hydrogen) atoms. The summed E-state index contributed by atoms with van der Waals surface area (Å²) < 4.78 is 0. The number of carbonyl (C=O) groups is 2. The van der Waals surface area contributed by atoms with Crippen molar-refractivity contribution in [2.24, 2.45) is 0 Å². The Hall–Kier alpha value is -2.15. The van der Waals surface area contributed by atoms with E-state index in [1.165, 1.54) is 17.5 Å². The number of carbonyl (C=O) groups excluding carboxylic acids is 1. The number of aromatic amines is 1. The monoisotopic (exact) mass is 305 g/mol. The molecule has 1 aliphatic carbocycles. The van der Waals surface area contributed by atoms with Gasteiger partial charge in [0.25, 0.3) is 5.91 Å². The van der Waals surface area contributed by atoms with Crippen molar-refractivity contribution < 1.29 is 14.7 Å². The van der Waals surface area contributed by atoms with Crippen LogP contribution in [-0.2, 0) is 5.54 Å². The predicted octanol–water partition coefficient (Wildman–Crippen LogP) is 2.29. The molecule has 0 bridgehead atoms. The molecule has 7 heteroatoms. The molecule has 2 heterocycles. The number of carboxylic acids is 1. The zero-order valence-corrected chi connectivity index (χ0v) is 12.3. The van der Waals surface area contributed by atoms with Crippen LogP contribution in [0.25, 0.3) is 0 Å². The number of aryl methyl sites for hydroxylation is 1. The van der Waals surface area contributed by atoms with Crippen molar-refractivity contribution >= 4 is 23.2 Å². The van der Waals surface area contributed by atoms with Crippen LogP contribution >= 0.6 is 11.3 Å². The van der Waals surface area contributed by atoms with Crippen LogP contribution in [0, 0.1) is 6.92 Å². The van der Waals surface area contributed by atoms with Gasteiger partial charge in [-0.05, 0) is 38.3 Å². The average molecular weight is 305 g/mol. The largest absolute Gasteiger partial charge is 0.477 e. The van der Waals surface area contributed by atoms with E-state index in [1.807, 2.05) is 13.0 Å². The standard InChI is InChI=1S/C14H15N3O3S/c1-8-3-4-10(21-8)11(18)17-14(5-2-6-14)13-15-7-9(16-13)12(19)20/h3-4,7H,2,5-6H2,1H3,(H,15,16)(H,17,18)(H,19,20). The lowest BCUT2D eigenvalue weighted by Gasteiger charge is -2.40. The van der Waals surface area contributed by atoms with Crippen LogP contribution in [-0.4, -0.2) is 27.0 Å². The molecule has 0 atom stereocenters. The molecule has 3 N–H and O–H groups in total. The first-order valence-corrected chi connectivity index (χ1v) is 7.49. The molecule has 1 saturated carbocycles. The van der Waals surface area contributed by atoms with Gasteiger partial charge in [-0.3, -0.25) is 4.79 Å². The van der Waals surface area contributed by atoms with Gasteiger partial charge in [-0.15, -0.1) is 11.3 Å². The summed E-state index contributed by atoms with van der Waals surface area (Å²) >= 11 is 1.44. The number of carboxylic acid groups (broad SMARTS) is 1. The third-order valence-electron chi connectivity index (χ3n) is 3.78. The number of hydrogen-bond donors (Lipinski definition) is 3. The van der Waals surface area contributed by atoms with E-state index in [4.69, 9.17) is 5.11 Å². The number of thiophene rings is 1. The maximum absolute atomic E-state index is 12.3. The summed E-state index contributed by atoms with van der Waals surface area (Å²) in [7, 11) is 0. The quantitative estimate of drug-likeness (QED) is 0.807. The van der Waals surface area contributed by atoms with Gasteiger partial charge in [-0.25, -0.2) is 9.78 Å². The normalized spacial score (nSPS) is 16.2. The molecule has 0 aliphatic heterocycles. The Morgan fingerprint density at radius 2 is 2.19 bits per heavy atom. The predicted molar refractivity (Wildman–Crippen MR) is 77.6 cm³/mol. The van der Waals surface area contributed by atoms with E-state index in [2.05, 4.69) is 15.3 Å². The number of aromatic nitrogens is 2. The highest BCUT2D eigenvalue weighted by molar-refractivity contribution is 7.13. The Morgan fingerprint density at radius 3 is 2.67 bits per heavy atom. The maximum Gasteiger partial charge on any atom is 0.353 e. The molecule has 0 radical (unpaired) electrons. The fourth-order valence-corrected chi connectivity index (χ4v) is 3.22. The first-order valence-electron chi connectivity index (χ1n) is 6.68. The SMILES string of the molecule is Cc1ccc(C(=O)NC2(c3ncc(C(=O)O)[nH]3)CCC2)s1. The summed E-state index contributed by atoms with van der Waals surface area (Å²) in [6, 6.07) is 3.70. The molecule has 3 rings (SSSR count). The number of H-pyrrole nitrogens is 1. The number of aromatic carboxylic acids is 1. The second kappa shape index (κ2) is 5.00. The molecule has 1 aliphatic rings. The van der Waals surface area contributed by atoms with Gasteiger partial charge in [0.2, 0.25) is 0 Å². The number of rotatable bonds is 4. The van der Waals surface area contributed by atoms with Crippen molar-refractivity contribution in [2.75, 3.05) is 0 Å². The highest BCUT2D eigenvalue weighted by Crippen LogP contribution is 2.40. The average Bonchev–Trinajstić information content (AvgIpc) is 3.02. The molecule has 6 nitrogen and oxygen atoms in total. The third kappa shape index (κ3) is 2.44. The van der Waals surface area contributed by atoms with E-state index in [-0.39, 0.29) is 11.6 Å². The van der Waals surface area contributed by atoms with Crippen LogP contribution in [0.5, 0.6) is 0 Å². The number of nitrogens with zero attached hydrogens (tertiary/aromatic N) is 1. The van der Waals surface area contributed by atoms with Crippen LogP contribution in [0.2, 0.25) is 0 Å². The van der Waals surface area contributed by atoms with Crippen molar-refractivity contribution in [1.29, 1.82) is 0 Å². The number of imidazole rings is 1. The Balaban J connectivity index is 1.83. The van der Waals surface area contributed by atoms with E-state index in [0.29, 0.717) is 10.7 Å². The van der Waals surface area contributed by atoms with Gasteiger partial charge < -0.3 is 15.4 Å². The molecule has 110 valence electrons. The molecule has 1 fully saturated rings. The van der Waals surface area contributed by atoms with Gasteiger partial charge in [0.05, 0.1) is 16.6 Å². The fourth-order valence-electron chi connectivity index (χ4n) is 2.46. The number of nitrogens with one attached hydrogen (secondary N) is 2. The van der Waals surface area contributed by atoms with Gasteiger partial charge >= 0.3 is 5.97 Å². The van der Waals surface area contributed by atoms with E-state index in [0.717, 1.165) is 24.1 Å². The zero-order valence-electron chi connectivity index (χ0n) is 11.5. The van der Waals surface area contributed by atoms with Gasteiger partial charge in [-0.1, -0.05) is 0 Å². The minimum atomic E-state index is -1.05. The van der Waals surface area contributed by atoms with E-state index in [1.54, 1.807) is 6.07 Å². The van der Waals surface area contributed by atoms with Crippen LogP contribution in [0.3, 0.4) is 0 Å². The Bertz CT molecular complexity index is 700. The lowest BCUT2D eigenvalue weighted by atomic mass is 9.76. The Labute approximate surface area is 125 Å². The molecule has 0 unspecified atom stereocenters. The van der Waals surface area contributed by atoms with Gasteiger partial charge in [0.1, 0.15) is 11.5 Å². The molecule has 0 aromatic carbocycles. The maximum atomic E-state index is 12.3. The first kappa shape index (κ1) is 13.8. The summed E-state index contributed by atoms with van der Waals surface area (Å²) in [6.07, 6.45) is 3.79. The number of amides is 1. The summed E-state index contributed by atoms with van der Waals surface area (Å²) in [5.41, 5.74) is -0.527. The third-order valence-corrected chi connectivity index (χ3v) is 4.78. The molecular weight excluding hydrogens is 290 g/mol. The second-order valence-electron chi connectivity index (χ2n) is 5.25. The first-order chi connectivity index (χ1) is 10.00. The highest BCUT2D eigenvalue weighted by Gasteiger charge is 2.43. The van der Waals surface area contributed by atoms with Crippen LogP contribution in [0.4, 0.5) is 0 Å². The molecule has 2 aromatic rings. The van der Waals surface area contributed by atoms with Crippen molar-refractivity contribution in [2.45, 2.75) is 31.7 Å². The highest BCUT2D eigenvalue weighted by atomic mass is 32.1. The van der Waals surface area contributed by atoms with Crippen molar-refractivity contribution in [3.8, 4) is 0 Å². The molecule has 0 saturated heterocycles. The van der Waals surface area contributed by atoms with Gasteiger partial charge in [0, 0.05) is 4.88 Å². The second-order valence-corrected chi connectivity index (χ2v) is 6.54. The summed E-state index contributed by atoms with van der Waals surface area (Å²) in [5.74, 6) is -0.669. The zero-order chi connectivity index (χ0) is 15.0. The topological polar surface area (TPSA) is 95.1 Å². The van der Waals surface area contributed by atoms with Crippen molar-refractivity contribution in [3.05, 3.63) is 39.6 Å². The van der Waals surface area contributed by atoms with E-state index < -0.39 is 11.5 Å². The Kier molecular flexibility index (Phi) is 3.29. The van der Waals surface area contributed by atoms with E-state index >= 15 is 0 Å². The van der Waals surface area contributed by atoms with Crippen molar-refractivity contribution in [1.82, 2.24) is 15.3 Å². The summed E-state index contributed by atoms with van der Waals surface area (Å²) in [6.45, 7) is 1.95. The van der Waals surface area contributed by atoms with E-state index in [9.17, 15) is 9.59 Å². The van der Waals surface area contributed by atoms with Gasteiger partial charge in [0.15, 0.2) is 0 Å². The summed E-state index contributed by atoms with van der Waals surface area (Å²) in [4.78, 5) is 31.9.